The third kappa shape index (κ3) is 6.08. The molecule has 0 radical (unpaired) electrons. The van der Waals surface area contributed by atoms with Crippen LogP contribution in [0.2, 0.25) is 0 Å². The van der Waals surface area contributed by atoms with Crippen LogP contribution in [0, 0.1) is 17.8 Å². The van der Waals surface area contributed by atoms with E-state index in [1.54, 1.807) is 0 Å². The van der Waals surface area contributed by atoms with Crippen molar-refractivity contribution in [1.29, 1.82) is 0 Å². The molecule has 1 amide bonds. The van der Waals surface area contributed by atoms with E-state index in [1.165, 1.54) is 0 Å². The lowest BCUT2D eigenvalue weighted by Gasteiger charge is -2.30. The molecule has 0 aliphatic heterocycles. The van der Waals surface area contributed by atoms with Gasteiger partial charge >= 0.3 is 5.97 Å². The summed E-state index contributed by atoms with van der Waals surface area (Å²) in [4.78, 5) is 22.3. The Labute approximate surface area is 116 Å². The van der Waals surface area contributed by atoms with E-state index in [4.69, 9.17) is 5.11 Å². The normalized spacial score (nSPS) is 23.3. The van der Waals surface area contributed by atoms with Gasteiger partial charge in [-0.05, 0) is 50.4 Å². The largest absolute Gasteiger partial charge is 0.481 e. The fourth-order valence-corrected chi connectivity index (χ4v) is 2.81. The molecule has 0 aromatic heterocycles. The highest BCUT2D eigenvalue weighted by atomic mass is 16.4. The highest BCUT2D eigenvalue weighted by Gasteiger charge is 2.27. The third-order valence-corrected chi connectivity index (χ3v) is 4.20. The zero-order valence-electron chi connectivity index (χ0n) is 12.2. The molecule has 0 atom stereocenters. The van der Waals surface area contributed by atoms with Gasteiger partial charge in [-0.25, -0.2) is 0 Å². The van der Waals surface area contributed by atoms with Crippen LogP contribution >= 0.6 is 0 Å². The quantitative estimate of drug-likeness (QED) is 0.698. The monoisotopic (exact) mass is 269 g/mol. The van der Waals surface area contributed by atoms with Gasteiger partial charge in [0.15, 0.2) is 0 Å². The summed E-state index contributed by atoms with van der Waals surface area (Å²) in [6.07, 6.45) is 5.90. The highest BCUT2D eigenvalue weighted by molar-refractivity contribution is 5.78. The molecule has 1 rings (SSSR count). The SMILES string of the molecule is CC(C)C1CCC(C(=O)NCCCCC(=O)O)CC1. The van der Waals surface area contributed by atoms with Gasteiger partial charge in [0.25, 0.3) is 0 Å². The summed E-state index contributed by atoms with van der Waals surface area (Å²) in [6, 6.07) is 0. The number of aliphatic carboxylic acids is 1. The van der Waals surface area contributed by atoms with Crippen molar-refractivity contribution in [2.75, 3.05) is 6.54 Å². The first kappa shape index (κ1) is 16.0. The molecule has 0 spiro atoms. The summed E-state index contributed by atoms with van der Waals surface area (Å²) in [5.41, 5.74) is 0. The number of carbonyl (C=O) groups is 2. The lowest BCUT2D eigenvalue weighted by atomic mass is 9.77. The predicted molar refractivity (Wildman–Crippen MR) is 74.8 cm³/mol. The maximum absolute atomic E-state index is 11.9. The summed E-state index contributed by atoms with van der Waals surface area (Å²) in [6.45, 7) is 5.12. The van der Waals surface area contributed by atoms with Gasteiger partial charge in [0.2, 0.25) is 5.91 Å². The van der Waals surface area contributed by atoms with Crippen molar-refractivity contribution in [3.63, 3.8) is 0 Å². The fraction of sp³-hybridized carbons (Fsp3) is 0.867. The highest BCUT2D eigenvalue weighted by Crippen LogP contribution is 2.33. The van der Waals surface area contributed by atoms with E-state index in [1.807, 2.05) is 0 Å². The minimum absolute atomic E-state index is 0.164. The second kappa shape index (κ2) is 8.18. The summed E-state index contributed by atoms with van der Waals surface area (Å²) < 4.78 is 0. The molecule has 0 aromatic rings. The van der Waals surface area contributed by atoms with E-state index in [2.05, 4.69) is 19.2 Å². The molecule has 1 saturated carbocycles. The third-order valence-electron chi connectivity index (χ3n) is 4.20. The zero-order chi connectivity index (χ0) is 14.3. The van der Waals surface area contributed by atoms with Crippen LogP contribution in [0.3, 0.4) is 0 Å². The van der Waals surface area contributed by atoms with Crippen molar-refractivity contribution < 1.29 is 14.7 Å². The number of rotatable bonds is 7. The lowest BCUT2D eigenvalue weighted by Crippen LogP contribution is -2.34. The van der Waals surface area contributed by atoms with Gasteiger partial charge in [0.1, 0.15) is 0 Å². The molecule has 19 heavy (non-hydrogen) atoms. The Morgan fingerprint density at radius 2 is 1.79 bits per heavy atom. The second-order valence-corrected chi connectivity index (χ2v) is 6.00. The maximum Gasteiger partial charge on any atom is 0.303 e. The predicted octanol–water partition coefficient (Wildman–Crippen LogP) is 2.82. The van der Waals surface area contributed by atoms with Crippen LogP contribution in [-0.2, 0) is 9.59 Å². The summed E-state index contributed by atoms with van der Waals surface area (Å²) in [7, 11) is 0. The van der Waals surface area contributed by atoms with Crippen LogP contribution in [0.5, 0.6) is 0 Å². The van der Waals surface area contributed by atoms with E-state index < -0.39 is 5.97 Å². The average molecular weight is 269 g/mol. The number of carboxylic acid groups (broad SMARTS) is 1. The Morgan fingerprint density at radius 3 is 2.32 bits per heavy atom. The first-order chi connectivity index (χ1) is 9.00. The number of carbonyl (C=O) groups excluding carboxylic acids is 1. The molecule has 0 heterocycles. The minimum Gasteiger partial charge on any atom is -0.481 e. The van der Waals surface area contributed by atoms with Crippen LogP contribution < -0.4 is 5.32 Å². The van der Waals surface area contributed by atoms with Gasteiger partial charge in [-0.3, -0.25) is 9.59 Å². The van der Waals surface area contributed by atoms with E-state index >= 15 is 0 Å². The Bertz CT molecular complexity index is 294. The van der Waals surface area contributed by atoms with Crippen LogP contribution in [0.1, 0.15) is 58.8 Å². The van der Waals surface area contributed by atoms with Crippen molar-refractivity contribution in [3.8, 4) is 0 Å². The van der Waals surface area contributed by atoms with Crippen molar-refractivity contribution in [1.82, 2.24) is 5.32 Å². The number of hydrogen-bond donors (Lipinski definition) is 2. The van der Waals surface area contributed by atoms with Gasteiger partial charge in [-0.1, -0.05) is 13.8 Å². The molecule has 1 fully saturated rings. The number of nitrogens with one attached hydrogen (secondary N) is 1. The minimum atomic E-state index is -0.765. The molecule has 110 valence electrons. The van der Waals surface area contributed by atoms with Gasteiger partial charge in [0.05, 0.1) is 0 Å². The van der Waals surface area contributed by atoms with E-state index in [9.17, 15) is 9.59 Å². The number of carboxylic acids is 1. The van der Waals surface area contributed by atoms with Crippen molar-refractivity contribution in [2.45, 2.75) is 58.8 Å². The molecule has 0 unspecified atom stereocenters. The number of amides is 1. The van der Waals surface area contributed by atoms with Gasteiger partial charge < -0.3 is 10.4 Å². The van der Waals surface area contributed by atoms with E-state index in [0.29, 0.717) is 13.0 Å². The standard InChI is InChI=1S/C15H27NO3/c1-11(2)12-6-8-13(9-7-12)15(19)16-10-4-3-5-14(17)18/h11-13H,3-10H2,1-2H3,(H,16,19)(H,17,18). The van der Waals surface area contributed by atoms with Gasteiger partial charge in [-0.15, -0.1) is 0 Å². The molecular formula is C15H27NO3. The molecule has 1 aliphatic carbocycles. The zero-order valence-corrected chi connectivity index (χ0v) is 12.2. The summed E-state index contributed by atoms with van der Waals surface area (Å²) >= 11 is 0. The van der Waals surface area contributed by atoms with Crippen LogP contribution in [0.15, 0.2) is 0 Å². The molecule has 4 heteroatoms. The fourth-order valence-electron chi connectivity index (χ4n) is 2.81. The van der Waals surface area contributed by atoms with E-state index in [0.717, 1.165) is 43.9 Å². The Kier molecular flexibility index (Phi) is 6.89. The molecule has 0 saturated heterocycles. The average Bonchev–Trinajstić information content (AvgIpc) is 2.37. The number of unbranched alkanes of at least 4 members (excludes halogenated alkanes) is 1. The molecule has 0 aromatic carbocycles. The molecular weight excluding hydrogens is 242 g/mol. The van der Waals surface area contributed by atoms with Crippen molar-refractivity contribution in [2.24, 2.45) is 17.8 Å². The molecule has 2 N–H and O–H groups in total. The Morgan fingerprint density at radius 1 is 1.16 bits per heavy atom. The summed E-state index contributed by atoms with van der Waals surface area (Å²) in [5.74, 6) is 1.07. The molecule has 0 bridgehead atoms. The van der Waals surface area contributed by atoms with Crippen LogP contribution in [0.25, 0.3) is 0 Å². The smallest absolute Gasteiger partial charge is 0.303 e. The second-order valence-electron chi connectivity index (χ2n) is 6.00. The summed E-state index contributed by atoms with van der Waals surface area (Å²) in [5, 5.41) is 11.4. The number of hydrogen-bond acceptors (Lipinski definition) is 2. The van der Waals surface area contributed by atoms with Gasteiger partial charge in [0, 0.05) is 18.9 Å². The van der Waals surface area contributed by atoms with Crippen molar-refractivity contribution >= 4 is 11.9 Å². The first-order valence-corrected chi connectivity index (χ1v) is 7.50. The van der Waals surface area contributed by atoms with Crippen LogP contribution in [0.4, 0.5) is 0 Å². The van der Waals surface area contributed by atoms with E-state index in [-0.39, 0.29) is 18.2 Å². The maximum atomic E-state index is 11.9. The Hall–Kier alpha value is -1.06. The van der Waals surface area contributed by atoms with Crippen LogP contribution in [-0.4, -0.2) is 23.5 Å². The van der Waals surface area contributed by atoms with Gasteiger partial charge in [-0.2, -0.15) is 0 Å². The molecule has 4 nitrogen and oxygen atoms in total. The molecule has 1 aliphatic rings. The van der Waals surface area contributed by atoms with Crippen molar-refractivity contribution in [3.05, 3.63) is 0 Å². The topological polar surface area (TPSA) is 66.4 Å². The Balaban J connectivity index is 2.12. The first-order valence-electron chi connectivity index (χ1n) is 7.50. The lowest BCUT2D eigenvalue weighted by molar-refractivity contribution is -0.137.